The van der Waals surface area contributed by atoms with Crippen LogP contribution in [-0.2, 0) is 4.74 Å². The molecule has 52 valence electrons. The van der Waals surface area contributed by atoms with E-state index in [9.17, 15) is 0 Å². The fourth-order valence-electron chi connectivity index (χ4n) is 0.892. The van der Waals surface area contributed by atoms with Gasteiger partial charge < -0.3 is 9.84 Å². The van der Waals surface area contributed by atoms with Crippen molar-refractivity contribution in [3.05, 3.63) is 11.8 Å². The molecule has 0 unspecified atom stereocenters. The van der Waals surface area contributed by atoms with Gasteiger partial charge in [0.05, 0.1) is 19.0 Å². The molecule has 0 fully saturated rings. The largest absolute Gasteiger partial charge is 0.501 e. The number of rotatable bonds is 1. The number of aliphatic hydroxyl groups excluding tert-OH is 1. The average Bonchev–Trinajstić information content (AvgIpc) is 1.90. The van der Waals surface area contributed by atoms with Crippen LogP contribution in [0.3, 0.4) is 0 Å². The minimum atomic E-state index is -0.328. The first-order valence-electron chi connectivity index (χ1n) is 3.29. The summed E-state index contributed by atoms with van der Waals surface area (Å²) in [5.41, 5.74) is 1.02. The lowest BCUT2D eigenvalue weighted by molar-refractivity contribution is 0.179. The molecule has 0 aromatic rings. The van der Waals surface area contributed by atoms with E-state index in [4.69, 9.17) is 9.84 Å². The molecular formula is C7H12O2. The van der Waals surface area contributed by atoms with Crippen molar-refractivity contribution in [3.63, 3.8) is 0 Å². The van der Waals surface area contributed by atoms with E-state index in [0.717, 1.165) is 25.0 Å². The zero-order chi connectivity index (χ0) is 6.69. The summed E-state index contributed by atoms with van der Waals surface area (Å²) in [6.07, 6.45) is 3.37. The van der Waals surface area contributed by atoms with E-state index in [2.05, 4.69) is 0 Å². The Morgan fingerprint density at radius 1 is 1.78 bits per heavy atom. The molecule has 0 aromatic heterocycles. The Kier molecular flexibility index (Phi) is 2.11. The molecule has 2 nitrogen and oxygen atoms in total. The van der Waals surface area contributed by atoms with Crippen molar-refractivity contribution >= 4 is 0 Å². The molecule has 1 N–H and O–H groups in total. The van der Waals surface area contributed by atoms with Crippen LogP contribution in [0.15, 0.2) is 11.8 Å². The van der Waals surface area contributed by atoms with Gasteiger partial charge in [-0.1, -0.05) is 0 Å². The number of hydrogen-bond donors (Lipinski definition) is 1. The minimum Gasteiger partial charge on any atom is -0.501 e. The predicted molar refractivity (Wildman–Crippen MR) is 34.9 cm³/mol. The van der Waals surface area contributed by atoms with Gasteiger partial charge in [0.2, 0.25) is 0 Å². The molecular weight excluding hydrogens is 116 g/mol. The second kappa shape index (κ2) is 2.87. The molecule has 2 heteroatoms. The van der Waals surface area contributed by atoms with Crippen molar-refractivity contribution in [3.8, 4) is 0 Å². The van der Waals surface area contributed by atoms with Crippen LogP contribution in [0.1, 0.15) is 19.8 Å². The van der Waals surface area contributed by atoms with Gasteiger partial charge in [0.25, 0.3) is 0 Å². The van der Waals surface area contributed by atoms with Crippen molar-refractivity contribution in [1.29, 1.82) is 0 Å². The fraction of sp³-hybridized carbons (Fsp3) is 0.714. The Labute approximate surface area is 55.1 Å². The van der Waals surface area contributed by atoms with Crippen LogP contribution in [0.4, 0.5) is 0 Å². The maximum Gasteiger partial charge on any atom is 0.0876 e. The molecule has 0 saturated heterocycles. The van der Waals surface area contributed by atoms with Crippen LogP contribution in [-0.4, -0.2) is 17.8 Å². The highest BCUT2D eigenvalue weighted by molar-refractivity contribution is 5.04. The van der Waals surface area contributed by atoms with Gasteiger partial charge in [-0.25, -0.2) is 0 Å². The summed E-state index contributed by atoms with van der Waals surface area (Å²) < 4.78 is 5.02. The molecule has 0 aromatic carbocycles. The number of aliphatic hydroxyl groups is 1. The van der Waals surface area contributed by atoms with Crippen molar-refractivity contribution < 1.29 is 9.84 Å². The summed E-state index contributed by atoms with van der Waals surface area (Å²) in [5.74, 6) is 0. The topological polar surface area (TPSA) is 29.5 Å². The summed E-state index contributed by atoms with van der Waals surface area (Å²) in [6.45, 7) is 2.57. The lowest BCUT2D eigenvalue weighted by Crippen LogP contribution is -2.09. The molecule has 1 aliphatic rings. The SMILES string of the molecule is C[C@@H](O)C1=COCCC1. The first kappa shape index (κ1) is 6.62. The standard InChI is InChI=1S/C7H12O2/c1-6(8)7-3-2-4-9-5-7/h5-6,8H,2-4H2,1H3/t6-/m1/s1. The van der Waals surface area contributed by atoms with E-state index in [1.54, 1.807) is 13.2 Å². The van der Waals surface area contributed by atoms with Gasteiger partial charge in [-0.2, -0.15) is 0 Å². The maximum atomic E-state index is 9.03. The highest BCUT2D eigenvalue weighted by atomic mass is 16.5. The van der Waals surface area contributed by atoms with Crippen LogP contribution in [0.5, 0.6) is 0 Å². The van der Waals surface area contributed by atoms with Crippen molar-refractivity contribution in [2.45, 2.75) is 25.9 Å². The van der Waals surface area contributed by atoms with Gasteiger partial charge in [-0.15, -0.1) is 0 Å². The fourth-order valence-corrected chi connectivity index (χ4v) is 0.892. The summed E-state index contributed by atoms with van der Waals surface area (Å²) in [6, 6.07) is 0. The Morgan fingerprint density at radius 2 is 2.56 bits per heavy atom. The lowest BCUT2D eigenvalue weighted by Gasteiger charge is -2.15. The number of ether oxygens (including phenoxy) is 1. The van der Waals surface area contributed by atoms with Gasteiger partial charge in [-0.3, -0.25) is 0 Å². The maximum absolute atomic E-state index is 9.03. The molecule has 0 amide bonds. The second-order valence-corrected chi connectivity index (χ2v) is 2.34. The first-order chi connectivity index (χ1) is 4.30. The highest BCUT2D eigenvalue weighted by Gasteiger charge is 2.08. The average molecular weight is 128 g/mol. The molecule has 9 heavy (non-hydrogen) atoms. The molecule has 0 spiro atoms. The molecule has 0 radical (unpaired) electrons. The van der Waals surface area contributed by atoms with E-state index in [1.807, 2.05) is 0 Å². The Hall–Kier alpha value is -0.500. The quantitative estimate of drug-likeness (QED) is 0.572. The van der Waals surface area contributed by atoms with E-state index < -0.39 is 0 Å². The van der Waals surface area contributed by atoms with Crippen molar-refractivity contribution in [2.24, 2.45) is 0 Å². The van der Waals surface area contributed by atoms with E-state index in [0.29, 0.717) is 0 Å². The molecule has 0 bridgehead atoms. The van der Waals surface area contributed by atoms with Crippen LogP contribution < -0.4 is 0 Å². The van der Waals surface area contributed by atoms with E-state index in [-0.39, 0.29) is 6.10 Å². The van der Waals surface area contributed by atoms with Crippen molar-refractivity contribution in [2.75, 3.05) is 6.61 Å². The molecule has 1 atom stereocenters. The molecule has 0 saturated carbocycles. The first-order valence-corrected chi connectivity index (χ1v) is 3.29. The van der Waals surface area contributed by atoms with E-state index >= 15 is 0 Å². The monoisotopic (exact) mass is 128 g/mol. The van der Waals surface area contributed by atoms with Crippen LogP contribution in [0.2, 0.25) is 0 Å². The summed E-state index contributed by atoms with van der Waals surface area (Å²) in [7, 11) is 0. The highest BCUT2D eigenvalue weighted by Crippen LogP contribution is 2.14. The van der Waals surface area contributed by atoms with Gasteiger partial charge in [0.15, 0.2) is 0 Å². The van der Waals surface area contributed by atoms with E-state index in [1.165, 1.54) is 0 Å². The molecule has 0 aliphatic carbocycles. The van der Waals surface area contributed by atoms with Crippen molar-refractivity contribution in [1.82, 2.24) is 0 Å². The lowest BCUT2D eigenvalue weighted by atomic mass is 10.1. The van der Waals surface area contributed by atoms with Gasteiger partial charge >= 0.3 is 0 Å². The number of hydrogen-bond acceptors (Lipinski definition) is 2. The van der Waals surface area contributed by atoms with Crippen LogP contribution in [0, 0.1) is 0 Å². The summed E-state index contributed by atoms with van der Waals surface area (Å²) >= 11 is 0. The third-order valence-corrected chi connectivity index (χ3v) is 1.50. The summed E-state index contributed by atoms with van der Waals surface area (Å²) in [5, 5.41) is 9.03. The molecule has 1 rings (SSSR count). The Bertz CT molecular complexity index is 116. The van der Waals surface area contributed by atoms with Gasteiger partial charge in [0, 0.05) is 0 Å². The second-order valence-electron chi connectivity index (χ2n) is 2.34. The van der Waals surface area contributed by atoms with Crippen LogP contribution >= 0.6 is 0 Å². The minimum absolute atomic E-state index is 0.328. The van der Waals surface area contributed by atoms with Gasteiger partial charge in [-0.05, 0) is 25.3 Å². The normalized spacial score (nSPS) is 22.2. The zero-order valence-corrected chi connectivity index (χ0v) is 5.63. The molecule has 1 heterocycles. The Morgan fingerprint density at radius 3 is 2.89 bits per heavy atom. The Balaban J connectivity index is 2.46. The van der Waals surface area contributed by atoms with Gasteiger partial charge in [0.1, 0.15) is 0 Å². The zero-order valence-electron chi connectivity index (χ0n) is 5.63. The predicted octanol–water partition coefficient (Wildman–Crippen LogP) is 1.06. The summed E-state index contributed by atoms with van der Waals surface area (Å²) in [4.78, 5) is 0. The third kappa shape index (κ3) is 1.72. The smallest absolute Gasteiger partial charge is 0.0876 e. The third-order valence-electron chi connectivity index (χ3n) is 1.50. The molecule has 1 aliphatic heterocycles. The van der Waals surface area contributed by atoms with Crippen LogP contribution in [0.25, 0.3) is 0 Å².